The van der Waals surface area contributed by atoms with Crippen LogP contribution in [0.3, 0.4) is 0 Å². The van der Waals surface area contributed by atoms with E-state index in [1.165, 1.54) is 37.7 Å². The fraction of sp³-hybridized carbons (Fsp3) is 0.850. The van der Waals surface area contributed by atoms with Gasteiger partial charge >= 0.3 is 5.97 Å². The van der Waals surface area contributed by atoms with Crippen molar-refractivity contribution in [3.05, 3.63) is 12.2 Å². The zero-order chi connectivity index (χ0) is 16.8. The highest BCUT2D eigenvalue weighted by Gasteiger charge is 2.48. The molecule has 2 nitrogen and oxygen atoms in total. The van der Waals surface area contributed by atoms with E-state index in [1.807, 2.05) is 13.8 Å². The first-order valence-corrected chi connectivity index (χ1v) is 9.34. The molecule has 2 aliphatic carbocycles. The van der Waals surface area contributed by atoms with Crippen LogP contribution in [-0.2, 0) is 4.79 Å². The molecule has 2 rings (SSSR count). The van der Waals surface area contributed by atoms with Gasteiger partial charge in [-0.3, -0.25) is 4.79 Å². The molecule has 0 heterocycles. The molecule has 0 amide bonds. The van der Waals surface area contributed by atoms with Crippen LogP contribution in [0.1, 0.15) is 85.5 Å². The van der Waals surface area contributed by atoms with Crippen molar-refractivity contribution in [2.24, 2.45) is 23.2 Å². The second-order valence-electron chi connectivity index (χ2n) is 7.37. The summed E-state index contributed by atoms with van der Waals surface area (Å²) < 4.78 is 0. The number of carboxylic acid groups (broad SMARTS) is 1. The Balaban J connectivity index is 0.00000116. The minimum absolute atomic E-state index is 0.315. The highest BCUT2D eigenvalue weighted by atomic mass is 16.4. The molecule has 0 aliphatic heterocycles. The van der Waals surface area contributed by atoms with Crippen LogP contribution in [0.25, 0.3) is 0 Å². The van der Waals surface area contributed by atoms with Gasteiger partial charge in [-0.05, 0) is 55.3 Å². The zero-order valence-corrected chi connectivity index (χ0v) is 15.2. The first kappa shape index (κ1) is 19.3. The fourth-order valence-corrected chi connectivity index (χ4v) is 5.03. The molecule has 1 N–H and O–H groups in total. The van der Waals surface area contributed by atoms with Crippen molar-refractivity contribution in [3.63, 3.8) is 0 Å². The van der Waals surface area contributed by atoms with Gasteiger partial charge < -0.3 is 5.11 Å². The van der Waals surface area contributed by atoms with E-state index in [-0.39, 0.29) is 0 Å². The Bertz CT molecular complexity index is 374. The van der Waals surface area contributed by atoms with Crippen molar-refractivity contribution < 1.29 is 9.90 Å². The minimum atomic E-state index is -0.664. The Morgan fingerprint density at radius 2 is 2.00 bits per heavy atom. The number of hydrogen-bond donors (Lipinski definition) is 1. The number of allylic oxidation sites excluding steroid dienone is 1. The van der Waals surface area contributed by atoms with E-state index in [4.69, 9.17) is 5.11 Å². The van der Waals surface area contributed by atoms with Gasteiger partial charge in [-0.25, -0.2) is 0 Å². The second kappa shape index (κ2) is 8.74. The van der Waals surface area contributed by atoms with E-state index < -0.39 is 5.97 Å². The molecule has 0 radical (unpaired) electrons. The third-order valence-corrected chi connectivity index (χ3v) is 6.11. The molecule has 2 heteroatoms. The number of hydrogen-bond acceptors (Lipinski definition) is 1. The molecule has 4 unspecified atom stereocenters. The van der Waals surface area contributed by atoms with E-state index >= 15 is 0 Å². The molecular weight excluding hydrogens is 272 g/mol. The molecule has 0 bridgehead atoms. The van der Waals surface area contributed by atoms with Crippen molar-refractivity contribution in [2.45, 2.75) is 85.5 Å². The van der Waals surface area contributed by atoms with Gasteiger partial charge in [0.25, 0.3) is 0 Å². The van der Waals surface area contributed by atoms with Gasteiger partial charge in [0.15, 0.2) is 0 Å². The number of aliphatic carboxylic acids is 1. The van der Waals surface area contributed by atoms with Gasteiger partial charge in [0.05, 0.1) is 0 Å². The molecule has 4 atom stereocenters. The Morgan fingerprint density at radius 3 is 2.64 bits per heavy atom. The zero-order valence-electron chi connectivity index (χ0n) is 15.2. The Morgan fingerprint density at radius 1 is 1.32 bits per heavy atom. The summed E-state index contributed by atoms with van der Waals surface area (Å²) in [6.45, 7) is 13.3. The van der Waals surface area contributed by atoms with Crippen LogP contribution < -0.4 is 0 Å². The number of carboxylic acids is 1. The number of rotatable bonds is 5. The first-order valence-electron chi connectivity index (χ1n) is 9.34. The van der Waals surface area contributed by atoms with Crippen LogP contribution in [0.5, 0.6) is 0 Å². The van der Waals surface area contributed by atoms with Crippen molar-refractivity contribution in [1.29, 1.82) is 0 Å². The van der Waals surface area contributed by atoms with Gasteiger partial charge in [0.2, 0.25) is 0 Å². The van der Waals surface area contributed by atoms with E-state index in [2.05, 4.69) is 20.4 Å². The summed E-state index contributed by atoms with van der Waals surface area (Å²) in [5.41, 5.74) is 1.86. The first-order chi connectivity index (χ1) is 10.4. The SMILES string of the molecule is C=C1CCC2C(C)CCCC2(C)C1CCCCC(=O)O.CC. The Kier molecular flexibility index (Phi) is 7.65. The van der Waals surface area contributed by atoms with E-state index in [1.54, 1.807) is 0 Å². The summed E-state index contributed by atoms with van der Waals surface area (Å²) in [5, 5.41) is 8.76. The van der Waals surface area contributed by atoms with Crippen molar-refractivity contribution >= 4 is 5.97 Å². The van der Waals surface area contributed by atoms with Gasteiger partial charge in [0.1, 0.15) is 0 Å². The third kappa shape index (κ3) is 4.36. The smallest absolute Gasteiger partial charge is 0.303 e. The highest BCUT2D eigenvalue weighted by Crippen LogP contribution is 2.57. The van der Waals surface area contributed by atoms with Gasteiger partial charge in [-0.2, -0.15) is 0 Å². The summed E-state index contributed by atoms with van der Waals surface area (Å²) >= 11 is 0. The Labute approximate surface area is 137 Å². The second-order valence-corrected chi connectivity index (χ2v) is 7.37. The van der Waals surface area contributed by atoms with Crippen molar-refractivity contribution in [3.8, 4) is 0 Å². The van der Waals surface area contributed by atoms with E-state index in [0.29, 0.717) is 17.8 Å². The molecule has 128 valence electrons. The minimum Gasteiger partial charge on any atom is -0.481 e. The quantitative estimate of drug-likeness (QED) is 0.494. The molecule has 0 spiro atoms. The summed E-state index contributed by atoms with van der Waals surface area (Å²) in [6, 6.07) is 0. The van der Waals surface area contributed by atoms with Crippen LogP contribution in [0.4, 0.5) is 0 Å². The molecule has 0 aromatic carbocycles. The van der Waals surface area contributed by atoms with Crippen molar-refractivity contribution in [1.82, 2.24) is 0 Å². The molecule has 2 aliphatic rings. The summed E-state index contributed by atoms with van der Waals surface area (Å²) in [7, 11) is 0. The van der Waals surface area contributed by atoms with E-state index in [9.17, 15) is 4.79 Å². The molecule has 0 saturated heterocycles. The van der Waals surface area contributed by atoms with Gasteiger partial charge in [0, 0.05) is 6.42 Å². The molecular formula is C20H36O2. The topological polar surface area (TPSA) is 37.3 Å². The largest absolute Gasteiger partial charge is 0.481 e. The average Bonchev–Trinajstić information content (AvgIpc) is 2.47. The summed E-state index contributed by atoms with van der Waals surface area (Å²) in [6.07, 6.45) is 9.90. The van der Waals surface area contributed by atoms with Crippen LogP contribution >= 0.6 is 0 Å². The molecule has 0 aromatic heterocycles. The molecule has 0 aromatic rings. The maximum atomic E-state index is 10.6. The standard InChI is InChI=1S/C18H30O2.C2H6/c1-13-7-6-12-18(3)15(8-4-5-9-17(19)20)14(2)10-11-16(13)18;1-2/h13,15-16H,2,4-12H2,1,3H3,(H,19,20);1-2H3. The lowest BCUT2D eigenvalue weighted by molar-refractivity contribution is -0.137. The van der Waals surface area contributed by atoms with Crippen LogP contribution in [0.15, 0.2) is 12.2 Å². The predicted octanol–water partition coefficient (Wildman–Crippen LogP) is 6.07. The maximum absolute atomic E-state index is 10.6. The van der Waals surface area contributed by atoms with E-state index in [0.717, 1.165) is 31.1 Å². The maximum Gasteiger partial charge on any atom is 0.303 e. The number of fused-ring (bicyclic) bond motifs is 1. The normalized spacial score (nSPS) is 34.4. The summed E-state index contributed by atoms with van der Waals surface area (Å²) in [4.78, 5) is 10.6. The highest BCUT2D eigenvalue weighted by molar-refractivity contribution is 5.66. The van der Waals surface area contributed by atoms with Crippen molar-refractivity contribution in [2.75, 3.05) is 0 Å². The molecule has 22 heavy (non-hydrogen) atoms. The van der Waals surface area contributed by atoms with Crippen LogP contribution in [-0.4, -0.2) is 11.1 Å². The number of unbranched alkanes of at least 4 members (excludes halogenated alkanes) is 1. The predicted molar refractivity (Wildman–Crippen MR) is 93.9 cm³/mol. The molecule has 2 fully saturated rings. The molecule has 2 saturated carbocycles. The lowest BCUT2D eigenvalue weighted by Gasteiger charge is -2.54. The third-order valence-electron chi connectivity index (χ3n) is 6.11. The van der Waals surface area contributed by atoms with Crippen LogP contribution in [0.2, 0.25) is 0 Å². The van der Waals surface area contributed by atoms with Gasteiger partial charge in [-0.1, -0.05) is 59.1 Å². The monoisotopic (exact) mass is 308 g/mol. The average molecular weight is 309 g/mol. The fourth-order valence-electron chi connectivity index (χ4n) is 5.03. The van der Waals surface area contributed by atoms with Gasteiger partial charge in [-0.15, -0.1) is 0 Å². The lowest BCUT2D eigenvalue weighted by Crippen LogP contribution is -2.45. The summed E-state index contributed by atoms with van der Waals surface area (Å²) in [5.74, 6) is 1.66. The Hall–Kier alpha value is -0.790. The number of carbonyl (C=O) groups is 1. The lowest BCUT2D eigenvalue weighted by atomic mass is 9.51. The van der Waals surface area contributed by atoms with Crippen LogP contribution in [0, 0.1) is 23.2 Å².